The molecule has 1 unspecified atom stereocenters. The van der Waals surface area contributed by atoms with Crippen molar-refractivity contribution in [2.45, 2.75) is 44.4 Å². The van der Waals surface area contributed by atoms with Gasteiger partial charge >= 0.3 is 12.1 Å². The van der Waals surface area contributed by atoms with Gasteiger partial charge in [-0.15, -0.1) is 0 Å². The normalized spacial score (nSPS) is 17.4. The maximum Gasteiger partial charge on any atom is 0.404 e. The second-order valence-electron chi connectivity index (χ2n) is 4.86. The lowest BCUT2D eigenvalue weighted by Crippen LogP contribution is -2.51. The zero-order valence-electron chi connectivity index (χ0n) is 12.7. The van der Waals surface area contributed by atoms with Gasteiger partial charge in [-0.05, 0) is 19.4 Å². The first-order chi connectivity index (χ1) is 10.5. The quantitative estimate of drug-likeness (QED) is 0.287. The standard InChI is InChI=1S/C13H21NO9/c1-5(2)8(16)6(3)23-11(12(19)20)10(18)9(17)7(15)4-22-13(14)21/h6-7,9-11,15,17-18H,1,4H2,2-3H3,(H2,14,21)(H,19,20)/t6?,7-,9-,10+,11-/m1/s1. The molecule has 0 aliphatic heterocycles. The van der Waals surface area contributed by atoms with E-state index in [-0.39, 0.29) is 5.57 Å². The number of nitrogens with two attached hydrogens (primary N) is 1. The van der Waals surface area contributed by atoms with E-state index in [9.17, 15) is 29.7 Å². The highest BCUT2D eigenvalue weighted by atomic mass is 16.6. The molecular formula is C13H21NO9. The Balaban J connectivity index is 4.94. The van der Waals surface area contributed by atoms with Crippen LogP contribution in [0, 0.1) is 0 Å². The number of hydrogen-bond donors (Lipinski definition) is 5. The number of aliphatic hydroxyl groups excluding tert-OH is 3. The third kappa shape index (κ3) is 6.74. The van der Waals surface area contributed by atoms with Crippen LogP contribution in [0.2, 0.25) is 0 Å². The summed E-state index contributed by atoms with van der Waals surface area (Å²) in [7, 11) is 0. The van der Waals surface area contributed by atoms with E-state index >= 15 is 0 Å². The predicted octanol–water partition coefficient (Wildman–Crippen LogP) is -1.83. The molecule has 0 aromatic rings. The molecule has 6 N–H and O–H groups in total. The molecular weight excluding hydrogens is 314 g/mol. The third-order valence-electron chi connectivity index (χ3n) is 2.83. The van der Waals surface area contributed by atoms with E-state index in [0.29, 0.717) is 0 Å². The summed E-state index contributed by atoms with van der Waals surface area (Å²) < 4.78 is 9.16. The Hall–Kier alpha value is -2.01. The van der Waals surface area contributed by atoms with E-state index in [0.717, 1.165) is 0 Å². The predicted molar refractivity (Wildman–Crippen MR) is 75.3 cm³/mol. The lowest BCUT2D eigenvalue weighted by Gasteiger charge is -2.28. The van der Waals surface area contributed by atoms with Crippen molar-refractivity contribution in [2.75, 3.05) is 6.61 Å². The van der Waals surface area contributed by atoms with Crippen LogP contribution in [0.4, 0.5) is 4.79 Å². The smallest absolute Gasteiger partial charge is 0.404 e. The molecule has 0 fully saturated rings. The lowest BCUT2D eigenvalue weighted by atomic mass is 10.0. The van der Waals surface area contributed by atoms with E-state index in [2.05, 4.69) is 17.0 Å². The van der Waals surface area contributed by atoms with E-state index in [1.54, 1.807) is 0 Å². The summed E-state index contributed by atoms with van der Waals surface area (Å²) in [6.45, 7) is 5.27. The highest BCUT2D eigenvalue weighted by Gasteiger charge is 2.38. The lowest BCUT2D eigenvalue weighted by molar-refractivity contribution is -0.179. The first-order valence-electron chi connectivity index (χ1n) is 6.53. The van der Waals surface area contributed by atoms with Crippen LogP contribution in [0.5, 0.6) is 0 Å². The Kier molecular flexibility index (Phi) is 8.40. The van der Waals surface area contributed by atoms with Crippen LogP contribution < -0.4 is 5.73 Å². The number of Topliss-reactive ketones (excluding diaryl/α,β-unsaturated/α-hetero) is 1. The van der Waals surface area contributed by atoms with Crippen molar-refractivity contribution in [1.29, 1.82) is 0 Å². The molecule has 10 heteroatoms. The van der Waals surface area contributed by atoms with Gasteiger partial charge in [-0.2, -0.15) is 0 Å². The molecule has 1 amide bonds. The van der Waals surface area contributed by atoms with Gasteiger partial charge in [0.05, 0.1) is 0 Å². The number of ether oxygens (including phenoxy) is 2. The van der Waals surface area contributed by atoms with Gasteiger partial charge in [0.25, 0.3) is 0 Å². The van der Waals surface area contributed by atoms with Gasteiger partial charge in [-0.3, -0.25) is 4.79 Å². The Morgan fingerprint density at radius 2 is 1.70 bits per heavy atom. The number of hydrogen-bond acceptors (Lipinski definition) is 8. The monoisotopic (exact) mass is 335 g/mol. The van der Waals surface area contributed by atoms with E-state index in [4.69, 9.17) is 9.84 Å². The Labute approximate surface area is 132 Å². The Morgan fingerprint density at radius 1 is 1.17 bits per heavy atom. The molecule has 10 nitrogen and oxygen atoms in total. The van der Waals surface area contributed by atoms with Crippen LogP contribution in [0.25, 0.3) is 0 Å². The number of carbonyl (C=O) groups excluding carboxylic acids is 2. The Bertz CT molecular complexity index is 464. The van der Waals surface area contributed by atoms with Crippen LogP contribution in [0.3, 0.4) is 0 Å². The van der Waals surface area contributed by atoms with Crippen molar-refractivity contribution < 1.29 is 44.3 Å². The molecule has 5 atom stereocenters. The zero-order valence-corrected chi connectivity index (χ0v) is 12.7. The van der Waals surface area contributed by atoms with Gasteiger partial charge in [0.2, 0.25) is 0 Å². The molecule has 0 bridgehead atoms. The van der Waals surface area contributed by atoms with Crippen molar-refractivity contribution in [1.82, 2.24) is 0 Å². The summed E-state index contributed by atoms with van der Waals surface area (Å²) in [6, 6.07) is 0. The second-order valence-corrected chi connectivity index (χ2v) is 4.86. The third-order valence-corrected chi connectivity index (χ3v) is 2.83. The molecule has 0 aromatic heterocycles. The molecule has 0 spiro atoms. The molecule has 0 heterocycles. The van der Waals surface area contributed by atoms with Crippen LogP contribution in [-0.4, -0.2) is 75.4 Å². The van der Waals surface area contributed by atoms with Crippen LogP contribution in [-0.2, 0) is 19.1 Å². The fourth-order valence-corrected chi connectivity index (χ4v) is 1.59. The fraction of sp³-hybridized carbons (Fsp3) is 0.615. The number of amides is 1. The average Bonchev–Trinajstić information content (AvgIpc) is 2.46. The minimum absolute atomic E-state index is 0.117. The summed E-state index contributed by atoms with van der Waals surface area (Å²) in [6.07, 6.45) is -10.4. The fourth-order valence-electron chi connectivity index (χ4n) is 1.59. The first-order valence-corrected chi connectivity index (χ1v) is 6.53. The van der Waals surface area contributed by atoms with Gasteiger partial charge < -0.3 is 35.6 Å². The number of primary amides is 1. The zero-order chi connectivity index (χ0) is 18.3. The average molecular weight is 335 g/mol. The van der Waals surface area contributed by atoms with Gasteiger partial charge in [0.1, 0.15) is 31.0 Å². The van der Waals surface area contributed by atoms with Crippen molar-refractivity contribution >= 4 is 17.8 Å². The summed E-state index contributed by atoms with van der Waals surface area (Å²) in [5, 5.41) is 38.1. The molecule has 0 radical (unpaired) electrons. The molecule has 0 rings (SSSR count). The SMILES string of the molecule is C=C(C)C(=O)C(C)O[C@@H](C(=O)O)[C@@H](O)[C@H](O)[C@H](O)COC(N)=O. The maximum atomic E-state index is 11.6. The van der Waals surface area contributed by atoms with Crippen LogP contribution >= 0.6 is 0 Å². The van der Waals surface area contributed by atoms with Crippen molar-refractivity contribution in [2.24, 2.45) is 5.73 Å². The number of rotatable bonds is 10. The van der Waals surface area contributed by atoms with Crippen LogP contribution in [0.1, 0.15) is 13.8 Å². The molecule has 23 heavy (non-hydrogen) atoms. The van der Waals surface area contributed by atoms with Gasteiger partial charge in [-0.25, -0.2) is 9.59 Å². The minimum atomic E-state index is -2.10. The highest BCUT2D eigenvalue weighted by Crippen LogP contribution is 2.13. The number of carboxylic acids is 1. The van der Waals surface area contributed by atoms with E-state index in [1.165, 1.54) is 13.8 Å². The number of ketones is 1. The van der Waals surface area contributed by atoms with E-state index in [1.807, 2.05) is 0 Å². The summed E-state index contributed by atoms with van der Waals surface area (Å²) in [5.74, 6) is -2.25. The summed E-state index contributed by atoms with van der Waals surface area (Å²) in [5.41, 5.74) is 4.79. The van der Waals surface area contributed by atoms with Crippen molar-refractivity contribution in [3.05, 3.63) is 12.2 Å². The highest BCUT2D eigenvalue weighted by molar-refractivity contribution is 5.97. The minimum Gasteiger partial charge on any atom is -0.479 e. The summed E-state index contributed by atoms with van der Waals surface area (Å²) >= 11 is 0. The Morgan fingerprint density at radius 3 is 2.09 bits per heavy atom. The summed E-state index contributed by atoms with van der Waals surface area (Å²) in [4.78, 5) is 33.2. The number of aliphatic hydroxyl groups is 3. The topological polar surface area (TPSA) is 177 Å². The molecule has 0 aromatic carbocycles. The first kappa shape index (κ1) is 21.0. The number of aliphatic carboxylic acids is 1. The van der Waals surface area contributed by atoms with Crippen LogP contribution in [0.15, 0.2) is 12.2 Å². The van der Waals surface area contributed by atoms with Gasteiger partial charge in [-0.1, -0.05) is 6.58 Å². The molecule has 0 aliphatic carbocycles. The second kappa shape index (κ2) is 9.20. The molecule has 0 saturated heterocycles. The number of carboxylic acid groups (broad SMARTS) is 1. The van der Waals surface area contributed by atoms with Gasteiger partial charge in [0, 0.05) is 0 Å². The number of carbonyl (C=O) groups is 3. The van der Waals surface area contributed by atoms with Gasteiger partial charge in [0.15, 0.2) is 11.9 Å². The molecule has 0 saturated carbocycles. The van der Waals surface area contributed by atoms with E-state index < -0.39 is 55.0 Å². The largest absolute Gasteiger partial charge is 0.479 e. The van der Waals surface area contributed by atoms with Crippen molar-refractivity contribution in [3.63, 3.8) is 0 Å². The molecule has 0 aliphatic rings. The van der Waals surface area contributed by atoms with Crippen molar-refractivity contribution in [3.8, 4) is 0 Å². The molecule has 132 valence electrons. The maximum absolute atomic E-state index is 11.6.